The molecule has 5 heteroatoms. The summed E-state index contributed by atoms with van der Waals surface area (Å²) in [6.07, 6.45) is 2.38. The van der Waals surface area contributed by atoms with Crippen molar-refractivity contribution in [1.29, 1.82) is 0 Å². The first kappa shape index (κ1) is 19.2. The third kappa shape index (κ3) is 6.00. The average molecular weight is 369 g/mol. The molecule has 144 valence electrons. The second kappa shape index (κ2) is 9.42. The minimum absolute atomic E-state index is 0.00504. The molecule has 1 fully saturated rings. The van der Waals surface area contributed by atoms with Gasteiger partial charge in [0.25, 0.3) is 5.91 Å². The summed E-state index contributed by atoms with van der Waals surface area (Å²) < 4.78 is 16.8. The summed E-state index contributed by atoms with van der Waals surface area (Å²) in [5, 5.41) is 2.87. The summed E-state index contributed by atoms with van der Waals surface area (Å²) in [5.74, 6) is 1.38. The highest BCUT2D eigenvalue weighted by Crippen LogP contribution is 2.17. The van der Waals surface area contributed by atoms with E-state index in [4.69, 9.17) is 14.2 Å². The Labute approximate surface area is 160 Å². The van der Waals surface area contributed by atoms with Gasteiger partial charge in [-0.15, -0.1) is 0 Å². The summed E-state index contributed by atoms with van der Waals surface area (Å²) in [6, 6.07) is 13.6. The molecule has 0 radical (unpaired) electrons. The van der Waals surface area contributed by atoms with Gasteiger partial charge in [-0.1, -0.05) is 18.2 Å². The minimum Gasteiger partial charge on any atom is -0.491 e. The van der Waals surface area contributed by atoms with Crippen LogP contribution in [0.25, 0.3) is 0 Å². The van der Waals surface area contributed by atoms with Crippen LogP contribution in [-0.4, -0.2) is 31.8 Å². The molecule has 1 N–H and O–H groups in total. The van der Waals surface area contributed by atoms with Crippen molar-refractivity contribution >= 4 is 5.91 Å². The van der Waals surface area contributed by atoms with Gasteiger partial charge in [0.05, 0.1) is 6.10 Å². The molecule has 3 rings (SSSR count). The van der Waals surface area contributed by atoms with Crippen LogP contribution in [0.4, 0.5) is 0 Å². The first-order valence-electron chi connectivity index (χ1n) is 9.40. The van der Waals surface area contributed by atoms with Crippen LogP contribution in [0, 0.1) is 13.8 Å². The predicted octanol–water partition coefficient (Wildman–Crippen LogP) is 3.56. The molecule has 2 aromatic carbocycles. The molecule has 5 nitrogen and oxygen atoms in total. The molecule has 0 saturated carbocycles. The SMILES string of the molecule is Cc1ccc(OCC(=O)NCc2ccc(OCC3CCCO3)cc2)cc1C. The summed E-state index contributed by atoms with van der Waals surface area (Å²) >= 11 is 0. The summed E-state index contributed by atoms with van der Waals surface area (Å²) in [7, 11) is 0. The Morgan fingerprint density at radius 1 is 1.07 bits per heavy atom. The van der Waals surface area contributed by atoms with E-state index in [1.807, 2.05) is 56.3 Å². The molecule has 1 aliphatic rings. The summed E-state index contributed by atoms with van der Waals surface area (Å²) in [4.78, 5) is 12.0. The number of ether oxygens (including phenoxy) is 3. The third-order valence-corrected chi connectivity index (χ3v) is 4.72. The maximum atomic E-state index is 12.0. The molecule has 2 aromatic rings. The monoisotopic (exact) mass is 369 g/mol. The normalized spacial score (nSPS) is 16.1. The van der Waals surface area contributed by atoms with E-state index in [2.05, 4.69) is 5.32 Å². The van der Waals surface area contributed by atoms with E-state index in [1.54, 1.807) is 0 Å². The van der Waals surface area contributed by atoms with Gasteiger partial charge in [0.1, 0.15) is 18.1 Å². The fraction of sp³-hybridized carbons (Fsp3) is 0.409. The van der Waals surface area contributed by atoms with E-state index >= 15 is 0 Å². The molecule has 1 atom stereocenters. The van der Waals surface area contributed by atoms with Crippen molar-refractivity contribution in [3.63, 3.8) is 0 Å². The Morgan fingerprint density at radius 2 is 1.85 bits per heavy atom. The second-order valence-corrected chi connectivity index (χ2v) is 6.90. The van der Waals surface area contributed by atoms with Gasteiger partial charge in [-0.05, 0) is 67.6 Å². The standard InChI is InChI=1S/C22H27NO4/c1-16-5-8-20(12-17(16)2)27-15-22(24)23-13-18-6-9-19(10-7-18)26-14-21-4-3-11-25-21/h5-10,12,21H,3-4,11,13-15H2,1-2H3,(H,23,24). The van der Waals surface area contributed by atoms with E-state index in [9.17, 15) is 4.79 Å². The molecule has 1 saturated heterocycles. The quantitative estimate of drug-likeness (QED) is 0.773. The van der Waals surface area contributed by atoms with Gasteiger partial charge in [-0.3, -0.25) is 4.79 Å². The van der Waals surface area contributed by atoms with Crippen molar-refractivity contribution in [2.45, 2.75) is 39.3 Å². The minimum atomic E-state index is -0.146. The van der Waals surface area contributed by atoms with Crippen LogP contribution in [-0.2, 0) is 16.1 Å². The van der Waals surface area contributed by atoms with Crippen LogP contribution < -0.4 is 14.8 Å². The van der Waals surface area contributed by atoms with E-state index in [-0.39, 0.29) is 18.6 Å². The molecule has 27 heavy (non-hydrogen) atoms. The zero-order valence-corrected chi connectivity index (χ0v) is 16.0. The molecular weight excluding hydrogens is 342 g/mol. The van der Waals surface area contributed by atoms with Gasteiger partial charge in [-0.25, -0.2) is 0 Å². The fourth-order valence-electron chi connectivity index (χ4n) is 2.87. The number of hydrogen-bond acceptors (Lipinski definition) is 4. The zero-order valence-electron chi connectivity index (χ0n) is 16.0. The lowest BCUT2D eigenvalue weighted by atomic mass is 10.1. The molecular formula is C22H27NO4. The predicted molar refractivity (Wildman–Crippen MR) is 104 cm³/mol. The number of benzene rings is 2. The summed E-state index contributed by atoms with van der Waals surface area (Å²) in [6.45, 7) is 5.96. The van der Waals surface area contributed by atoms with Crippen molar-refractivity contribution in [2.24, 2.45) is 0 Å². The van der Waals surface area contributed by atoms with E-state index < -0.39 is 0 Å². The lowest BCUT2D eigenvalue weighted by Crippen LogP contribution is -2.28. The maximum absolute atomic E-state index is 12.0. The maximum Gasteiger partial charge on any atom is 0.258 e. The Morgan fingerprint density at radius 3 is 2.56 bits per heavy atom. The Hall–Kier alpha value is -2.53. The largest absolute Gasteiger partial charge is 0.491 e. The summed E-state index contributed by atoms with van der Waals surface area (Å²) in [5.41, 5.74) is 3.36. The van der Waals surface area contributed by atoms with Crippen LogP contribution in [0.15, 0.2) is 42.5 Å². The third-order valence-electron chi connectivity index (χ3n) is 4.72. The van der Waals surface area contributed by atoms with E-state index in [0.717, 1.165) is 36.3 Å². The number of amides is 1. The van der Waals surface area contributed by atoms with Crippen LogP contribution in [0.2, 0.25) is 0 Å². The van der Waals surface area contributed by atoms with Gasteiger partial charge < -0.3 is 19.5 Å². The first-order valence-corrected chi connectivity index (χ1v) is 9.40. The number of nitrogens with one attached hydrogen (secondary N) is 1. The van der Waals surface area contributed by atoms with Crippen molar-refractivity contribution in [3.05, 3.63) is 59.2 Å². The first-order chi connectivity index (χ1) is 13.1. The molecule has 1 unspecified atom stereocenters. The molecule has 0 spiro atoms. The van der Waals surface area contributed by atoms with Gasteiger partial charge in [0, 0.05) is 13.2 Å². The van der Waals surface area contributed by atoms with Crippen molar-refractivity contribution in [1.82, 2.24) is 5.32 Å². The molecule has 1 heterocycles. The topological polar surface area (TPSA) is 56.8 Å². The Balaban J connectivity index is 1.38. The van der Waals surface area contributed by atoms with Gasteiger partial charge in [0.15, 0.2) is 6.61 Å². The number of carbonyl (C=O) groups is 1. The van der Waals surface area contributed by atoms with E-state index in [0.29, 0.717) is 18.9 Å². The Bertz CT molecular complexity index is 751. The van der Waals surface area contributed by atoms with Crippen molar-refractivity contribution < 1.29 is 19.0 Å². The smallest absolute Gasteiger partial charge is 0.258 e. The highest BCUT2D eigenvalue weighted by molar-refractivity contribution is 5.77. The fourth-order valence-corrected chi connectivity index (χ4v) is 2.87. The average Bonchev–Trinajstić information content (AvgIpc) is 3.20. The number of hydrogen-bond donors (Lipinski definition) is 1. The number of carbonyl (C=O) groups excluding carboxylic acids is 1. The van der Waals surface area contributed by atoms with Crippen molar-refractivity contribution in [3.8, 4) is 11.5 Å². The lowest BCUT2D eigenvalue weighted by molar-refractivity contribution is -0.123. The zero-order chi connectivity index (χ0) is 19.1. The lowest BCUT2D eigenvalue weighted by Gasteiger charge is -2.12. The highest BCUT2D eigenvalue weighted by atomic mass is 16.5. The number of rotatable bonds is 8. The second-order valence-electron chi connectivity index (χ2n) is 6.90. The number of aryl methyl sites for hydroxylation is 2. The van der Waals surface area contributed by atoms with Gasteiger partial charge in [0.2, 0.25) is 0 Å². The molecule has 1 aliphatic heterocycles. The highest BCUT2D eigenvalue weighted by Gasteiger charge is 2.15. The molecule has 1 amide bonds. The molecule has 0 bridgehead atoms. The van der Waals surface area contributed by atoms with Gasteiger partial charge >= 0.3 is 0 Å². The molecule has 0 aromatic heterocycles. The van der Waals surface area contributed by atoms with Gasteiger partial charge in [-0.2, -0.15) is 0 Å². The van der Waals surface area contributed by atoms with Crippen LogP contribution in [0.5, 0.6) is 11.5 Å². The van der Waals surface area contributed by atoms with Crippen molar-refractivity contribution in [2.75, 3.05) is 19.8 Å². The van der Waals surface area contributed by atoms with Crippen LogP contribution >= 0.6 is 0 Å². The molecule has 0 aliphatic carbocycles. The van der Waals surface area contributed by atoms with Crippen LogP contribution in [0.3, 0.4) is 0 Å². The Kier molecular flexibility index (Phi) is 6.71. The van der Waals surface area contributed by atoms with E-state index in [1.165, 1.54) is 5.56 Å². The van der Waals surface area contributed by atoms with Crippen LogP contribution in [0.1, 0.15) is 29.5 Å².